The maximum atomic E-state index is 12.7. The zero-order chi connectivity index (χ0) is 19.8. The van der Waals surface area contributed by atoms with Crippen LogP contribution in [0.4, 0.5) is 26.3 Å². The smallest absolute Gasteiger partial charge is 0.333 e. The van der Waals surface area contributed by atoms with E-state index in [1.807, 2.05) is 0 Å². The number of amides is 2. The van der Waals surface area contributed by atoms with Crippen LogP contribution >= 0.6 is 0 Å². The van der Waals surface area contributed by atoms with Crippen LogP contribution in [0.5, 0.6) is 0 Å². The second-order valence-corrected chi connectivity index (χ2v) is 5.79. The molecule has 0 saturated carbocycles. The molecule has 2 amide bonds. The van der Waals surface area contributed by atoms with Gasteiger partial charge in [-0.05, 0) is 25.9 Å². The van der Waals surface area contributed by atoms with Gasteiger partial charge < -0.3 is 20.4 Å². The summed E-state index contributed by atoms with van der Waals surface area (Å²) in [6.07, 6.45) is -9.84. The van der Waals surface area contributed by atoms with Gasteiger partial charge in [0, 0.05) is 39.3 Å². The molecule has 0 aromatic carbocycles. The molecule has 0 radical (unpaired) electrons. The van der Waals surface area contributed by atoms with Crippen molar-refractivity contribution in [3.63, 3.8) is 0 Å². The highest BCUT2D eigenvalue weighted by molar-refractivity contribution is 5.83. The molecule has 1 fully saturated rings. The third-order valence-electron chi connectivity index (χ3n) is 3.74. The van der Waals surface area contributed by atoms with Gasteiger partial charge in [0.25, 0.3) is 0 Å². The van der Waals surface area contributed by atoms with E-state index in [9.17, 15) is 35.9 Å². The molecule has 1 aliphatic rings. The van der Waals surface area contributed by atoms with Crippen LogP contribution < -0.4 is 10.6 Å². The quantitative estimate of drug-likeness (QED) is 0.597. The summed E-state index contributed by atoms with van der Waals surface area (Å²) in [7, 11) is 0. The molecule has 0 aromatic rings. The predicted octanol–water partition coefficient (Wildman–Crippen LogP) is 0.741. The first-order valence-corrected chi connectivity index (χ1v) is 8.17. The van der Waals surface area contributed by atoms with Crippen molar-refractivity contribution >= 4 is 11.8 Å². The highest BCUT2D eigenvalue weighted by atomic mass is 19.4. The summed E-state index contributed by atoms with van der Waals surface area (Å²) in [6, 6.07) is 0. The summed E-state index contributed by atoms with van der Waals surface area (Å²) in [5.41, 5.74) is 0. The van der Waals surface area contributed by atoms with Crippen LogP contribution in [0.1, 0.15) is 12.8 Å². The van der Waals surface area contributed by atoms with Crippen molar-refractivity contribution in [3.05, 3.63) is 0 Å². The highest BCUT2D eigenvalue weighted by Crippen LogP contribution is 2.20. The highest BCUT2D eigenvalue weighted by Gasteiger charge is 2.44. The van der Waals surface area contributed by atoms with Gasteiger partial charge in [-0.15, -0.1) is 0 Å². The van der Waals surface area contributed by atoms with Gasteiger partial charge in [-0.2, -0.15) is 26.3 Å². The SMILES string of the molecule is O=C(N1CCCNCCNCCCN(C(=O)C(F)(F)F)CC1)C(F)(F)F. The zero-order valence-corrected chi connectivity index (χ0v) is 14.0. The first kappa shape index (κ1) is 22.5. The number of carbonyl (C=O) groups excluding carboxylic acids is 2. The van der Waals surface area contributed by atoms with E-state index in [4.69, 9.17) is 0 Å². The molecular formula is C14H22F6N4O2. The van der Waals surface area contributed by atoms with E-state index >= 15 is 0 Å². The molecule has 1 saturated heterocycles. The van der Waals surface area contributed by atoms with Crippen LogP contribution in [-0.2, 0) is 9.59 Å². The van der Waals surface area contributed by atoms with Gasteiger partial charge in [0.2, 0.25) is 0 Å². The van der Waals surface area contributed by atoms with Crippen LogP contribution in [0.25, 0.3) is 0 Å². The molecule has 0 spiro atoms. The maximum Gasteiger partial charge on any atom is 0.471 e. The Balaban J connectivity index is 2.86. The average Bonchev–Trinajstić information content (AvgIpc) is 2.53. The zero-order valence-electron chi connectivity index (χ0n) is 14.0. The largest absolute Gasteiger partial charge is 0.471 e. The molecule has 0 unspecified atom stereocenters. The predicted molar refractivity (Wildman–Crippen MR) is 80.2 cm³/mol. The number of alkyl halides is 6. The lowest BCUT2D eigenvalue weighted by atomic mass is 10.3. The molecule has 2 N–H and O–H groups in total. The number of rotatable bonds is 0. The lowest BCUT2D eigenvalue weighted by Crippen LogP contribution is -2.49. The fourth-order valence-corrected chi connectivity index (χ4v) is 2.45. The molecule has 0 bridgehead atoms. The lowest BCUT2D eigenvalue weighted by Gasteiger charge is -2.29. The fraction of sp³-hybridized carbons (Fsp3) is 0.857. The summed E-state index contributed by atoms with van der Waals surface area (Å²) in [5, 5.41) is 5.98. The van der Waals surface area contributed by atoms with Crippen molar-refractivity contribution in [2.45, 2.75) is 25.2 Å². The van der Waals surface area contributed by atoms with Crippen molar-refractivity contribution in [1.82, 2.24) is 20.4 Å². The van der Waals surface area contributed by atoms with E-state index in [1.54, 1.807) is 0 Å². The van der Waals surface area contributed by atoms with Crippen molar-refractivity contribution in [1.29, 1.82) is 0 Å². The van der Waals surface area contributed by atoms with Gasteiger partial charge in [-0.1, -0.05) is 0 Å². The summed E-state index contributed by atoms with van der Waals surface area (Å²) >= 11 is 0. The normalized spacial score (nSPS) is 19.8. The third-order valence-corrected chi connectivity index (χ3v) is 3.74. The van der Waals surface area contributed by atoms with Crippen LogP contribution in [0.2, 0.25) is 0 Å². The minimum Gasteiger partial charge on any atom is -0.333 e. The van der Waals surface area contributed by atoms with Crippen molar-refractivity contribution < 1.29 is 35.9 Å². The Morgan fingerprint density at radius 3 is 1.27 bits per heavy atom. The summed E-state index contributed by atoms with van der Waals surface area (Å²) in [6.45, 7) is -0.0132. The minimum absolute atomic E-state index is 0.203. The average molecular weight is 392 g/mol. The molecule has 26 heavy (non-hydrogen) atoms. The Morgan fingerprint density at radius 1 is 0.615 bits per heavy atom. The van der Waals surface area contributed by atoms with Crippen LogP contribution in [-0.4, -0.2) is 86.3 Å². The molecular weight excluding hydrogens is 370 g/mol. The lowest BCUT2D eigenvalue weighted by molar-refractivity contribution is -0.189. The van der Waals surface area contributed by atoms with Crippen LogP contribution in [0, 0.1) is 0 Å². The number of hydrogen-bond donors (Lipinski definition) is 2. The second kappa shape index (κ2) is 9.95. The van der Waals surface area contributed by atoms with Gasteiger partial charge in [-0.3, -0.25) is 9.59 Å². The Hall–Kier alpha value is -1.56. The van der Waals surface area contributed by atoms with Gasteiger partial charge in [0.15, 0.2) is 0 Å². The second-order valence-electron chi connectivity index (χ2n) is 5.79. The van der Waals surface area contributed by atoms with E-state index < -0.39 is 37.3 Å². The van der Waals surface area contributed by atoms with Crippen molar-refractivity contribution in [2.75, 3.05) is 52.4 Å². The molecule has 0 aromatic heterocycles. The Kier molecular flexibility index (Phi) is 8.60. The van der Waals surface area contributed by atoms with E-state index in [2.05, 4.69) is 10.6 Å². The van der Waals surface area contributed by atoms with E-state index in [1.165, 1.54) is 0 Å². The van der Waals surface area contributed by atoms with Crippen LogP contribution in [0.15, 0.2) is 0 Å². The third kappa shape index (κ3) is 7.77. The monoisotopic (exact) mass is 392 g/mol. The van der Waals surface area contributed by atoms with E-state index in [0.717, 1.165) is 0 Å². The van der Waals surface area contributed by atoms with Gasteiger partial charge in [0.05, 0.1) is 0 Å². The van der Waals surface area contributed by atoms with Gasteiger partial charge in [0.1, 0.15) is 0 Å². The Morgan fingerprint density at radius 2 is 0.962 bits per heavy atom. The van der Waals surface area contributed by atoms with E-state index in [-0.39, 0.29) is 25.9 Å². The molecule has 12 heteroatoms. The van der Waals surface area contributed by atoms with Gasteiger partial charge >= 0.3 is 24.2 Å². The molecule has 1 heterocycles. The van der Waals surface area contributed by atoms with E-state index in [0.29, 0.717) is 36.0 Å². The van der Waals surface area contributed by atoms with Gasteiger partial charge in [-0.25, -0.2) is 0 Å². The summed E-state index contributed by atoms with van der Waals surface area (Å²) in [5.74, 6) is -4.24. The minimum atomic E-state index is -5.12. The molecule has 0 aliphatic carbocycles. The first-order chi connectivity index (χ1) is 12.0. The standard InChI is InChI=1S/C14H22F6N4O2/c15-13(16,17)11(25)23-7-1-3-21-5-6-22-4-2-8-24(10-9-23)12(26)14(18,19)20/h21-22H,1-10H2. The van der Waals surface area contributed by atoms with Crippen molar-refractivity contribution in [2.24, 2.45) is 0 Å². The maximum absolute atomic E-state index is 12.7. The molecule has 6 nitrogen and oxygen atoms in total. The summed E-state index contributed by atoms with van der Waals surface area (Å²) in [4.78, 5) is 23.8. The van der Waals surface area contributed by atoms with Crippen LogP contribution in [0.3, 0.4) is 0 Å². The fourth-order valence-electron chi connectivity index (χ4n) is 2.45. The van der Waals surface area contributed by atoms with Crippen molar-refractivity contribution in [3.8, 4) is 0 Å². The summed E-state index contributed by atoms with van der Waals surface area (Å²) < 4.78 is 76.1. The number of nitrogens with one attached hydrogen (secondary N) is 2. The first-order valence-electron chi connectivity index (χ1n) is 8.17. The number of halogens is 6. The molecule has 1 rings (SSSR count). The molecule has 152 valence electrons. The molecule has 0 atom stereocenters. The Bertz CT molecular complexity index is 427. The number of nitrogens with zero attached hydrogens (tertiary/aromatic N) is 2. The topological polar surface area (TPSA) is 64.7 Å². The molecule has 1 aliphatic heterocycles. The Labute approximate surface area is 146 Å². The number of carbonyl (C=O) groups is 2. The number of hydrogen-bond acceptors (Lipinski definition) is 4.